The Morgan fingerprint density at radius 3 is 2.32 bits per heavy atom. The van der Waals surface area contributed by atoms with E-state index in [1.54, 1.807) is 7.05 Å². The quantitative estimate of drug-likeness (QED) is 0.754. The smallest absolute Gasteiger partial charge is 0.243 e. The van der Waals surface area contributed by atoms with Crippen molar-refractivity contribution in [3.8, 4) is 0 Å². The van der Waals surface area contributed by atoms with Crippen molar-refractivity contribution in [3.05, 3.63) is 29.3 Å². The Kier molecular flexibility index (Phi) is 9.45. The van der Waals surface area contributed by atoms with Gasteiger partial charge in [0.05, 0.1) is 6.54 Å². The van der Waals surface area contributed by atoms with Crippen LogP contribution in [-0.2, 0) is 9.59 Å². The molecule has 1 aromatic carbocycles. The molecule has 0 aliphatic heterocycles. The third kappa shape index (κ3) is 6.45. The van der Waals surface area contributed by atoms with Gasteiger partial charge in [0.1, 0.15) is 0 Å². The highest BCUT2D eigenvalue weighted by atomic mass is 35.5. The molecule has 124 valence electrons. The molecule has 0 aromatic heterocycles. The summed E-state index contributed by atoms with van der Waals surface area (Å²) in [5, 5.41) is 5.88. The summed E-state index contributed by atoms with van der Waals surface area (Å²) in [5.74, 6) is -0.182. The van der Waals surface area contributed by atoms with Crippen molar-refractivity contribution < 1.29 is 9.59 Å². The summed E-state index contributed by atoms with van der Waals surface area (Å²) in [7, 11) is 3.51. The SMILES string of the molecule is CNCCCC(=O)N(C)CC(=O)Nc1c(C)cccc1C.Cl. The number of carbonyl (C=O) groups excluding carboxylic acids is 2. The van der Waals surface area contributed by atoms with Gasteiger partial charge in [0.25, 0.3) is 0 Å². The average molecular weight is 328 g/mol. The predicted molar refractivity (Wildman–Crippen MR) is 92.6 cm³/mol. The molecule has 0 heterocycles. The average Bonchev–Trinajstić information content (AvgIpc) is 2.43. The Morgan fingerprint density at radius 2 is 1.77 bits per heavy atom. The van der Waals surface area contributed by atoms with Crippen LogP contribution in [0.5, 0.6) is 0 Å². The van der Waals surface area contributed by atoms with Crippen LogP contribution in [0.2, 0.25) is 0 Å². The van der Waals surface area contributed by atoms with Crippen molar-refractivity contribution in [1.29, 1.82) is 0 Å². The molecule has 5 nitrogen and oxygen atoms in total. The van der Waals surface area contributed by atoms with Gasteiger partial charge >= 0.3 is 0 Å². The second-order valence-corrected chi connectivity index (χ2v) is 5.27. The standard InChI is InChI=1S/C16H25N3O2.ClH/c1-12-7-5-8-13(2)16(12)18-14(20)11-19(4)15(21)9-6-10-17-3;/h5,7-8,17H,6,9-11H2,1-4H3,(H,18,20);1H. The summed E-state index contributed by atoms with van der Waals surface area (Å²) in [6.45, 7) is 4.78. The predicted octanol–water partition coefficient (Wildman–Crippen LogP) is 2.12. The molecule has 0 atom stereocenters. The first-order valence-electron chi connectivity index (χ1n) is 7.20. The number of aryl methyl sites for hydroxylation is 2. The molecule has 22 heavy (non-hydrogen) atoms. The van der Waals surface area contributed by atoms with Crippen LogP contribution in [0.3, 0.4) is 0 Å². The Hall–Kier alpha value is -1.59. The van der Waals surface area contributed by atoms with Gasteiger partial charge in [-0.2, -0.15) is 0 Å². The van der Waals surface area contributed by atoms with E-state index >= 15 is 0 Å². The number of hydrogen-bond acceptors (Lipinski definition) is 3. The number of para-hydroxylation sites is 1. The zero-order chi connectivity index (χ0) is 15.8. The first kappa shape index (κ1) is 20.4. The molecule has 1 rings (SSSR count). The summed E-state index contributed by atoms with van der Waals surface area (Å²) < 4.78 is 0. The molecule has 6 heteroatoms. The number of carbonyl (C=O) groups is 2. The molecular formula is C16H26ClN3O2. The van der Waals surface area contributed by atoms with Crippen LogP contribution >= 0.6 is 12.4 Å². The van der Waals surface area contributed by atoms with Crippen LogP contribution < -0.4 is 10.6 Å². The van der Waals surface area contributed by atoms with E-state index in [1.165, 1.54) is 4.90 Å². The molecule has 0 saturated heterocycles. The lowest BCUT2D eigenvalue weighted by molar-refractivity contribution is -0.133. The molecule has 0 spiro atoms. The van der Waals surface area contributed by atoms with Gasteiger partial charge in [-0.1, -0.05) is 18.2 Å². The van der Waals surface area contributed by atoms with Crippen LogP contribution in [0.4, 0.5) is 5.69 Å². The van der Waals surface area contributed by atoms with Crippen LogP contribution in [0, 0.1) is 13.8 Å². The molecular weight excluding hydrogens is 302 g/mol. The zero-order valence-electron chi connectivity index (χ0n) is 13.7. The largest absolute Gasteiger partial charge is 0.336 e. The molecule has 0 aliphatic rings. The second kappa shape index (κ2) is 10.2. The van der Waals surface area contributed by atoms with E-state index in [9.17, 15) is 9.59 Å². The number of hydrogen-bond donors (Lipinski definition) is 2. The van der Waals surface area contributed by atoms with Crippen LogP contribution in [-0.4, -0.2) is 43.9 Å². The van der Waals surface area contributed by atoms with Gasteiger partial charge in [0.2, 0.25) is 11.8 Å². The molecule has 0 fully saturated rings. The summed E-state index contributed by atoms with van der Waals surface area (Å²) in [6, 6.07) is 5.86. The van der Waals surface area contributed by atoms with Crippen molar-refractivity contribution in [1.82, 2.24) is 10.2 Å². The first-order chi connectivity index (χ1) is 9.95. The molecule has 0 saturated carbocycles. The molecule has 0 bridgehead atoms. The number of likely N-dealkylation sites (N-methyl/N-ethyl adjacent to an activating group) is 1. The van der Waals surface area contributed by atoms with Crippen molar-refractivity contribution in [3.63, 3.8) is 0 Å². The van der Waals surface area contributed by atoms with Crippen molar-refractivity contribution in [2.75, 3.05) is 32.5 Å². The summed E-state index contributed by atoms with van der Waals surface area (Å²) in [4.78, 5) is 25.4. The van der Waals surface area contributed by atoms with E-state index in [1.807, 2.05) is 39.1 Å². The molecule has 2 amide bonds. The van der Waals surface area contributed by atoms with Gasteiger partial charge in [-0.15, -0.1) is 12.4 Å². The number of halogens is 1. The fraction of sp³-hybridized carbons (Fsp3) is 0.500. The zero-order valence-corrected chi connectivity index (χ0v) is 14.5. The highest BCUT2D eigenvalue weighted by molar-refractivity contribution is 5.95. The van der Waals surface area contributed by atoms with E-state index < -0.39 is 0 Å². The van der Waals surface area contributed by atoms with E-state index in [4.69, 9.17) is 0 Å². The maximum Gasteiger partial charge on any atom is 0.243 e. The fourth-order valence-electron chi connectivity index (χ4n) is 2.10. The topological polar surface area (TPSA) is 61.4 Å². The minimum absolute atomic E-state index is 0. The van der Waals surface area contributed by atoms with Crippen molar-refractivity contribution >= 4 is 29.9 Å². The number of benzene rings is 1. The Balaban J connectivity index is 0.00000441. The molecule has 2 N–H and O–H groups in total. The second-order valence-electron chi connectivity index (χ2n) is 5.27. The van der Waals surface area contributed by atoms with Crippen molar-refractivity contribution in [2.24, 2.45) is 0 Å². The number of anilines is 1. The minimum atomic E-state index is -0.170. The van der Waals surface area contributed by atoms with E-state index in [0.29, 0.717) is 6.42 Å². The molecule has 1 aromatic rings. The number of nitrogens with one attached hydrogen (secondary N) is 2. The van der Waals surface area contributed by atoms with Crippen LogP contribution in [0.25, 0.3) is 0 Å². The lowest BCUT2D eigenvalue weighted by Gasteiger charge is -2.18. The lowest BCUT2D eigenvalue weighted by atomic mass is 10.1. The van der Waals surface area contributed by atoms with Crippen molar-refractivity contribution in [2.45, 2.75) is 26.7 Å². The lowest BCUT2D eigenvalue weighted by Crippen LogP contribution is -2.35. The maximum absolute atomic E-state index is 12.0. The normalized spacial score (nSPS) is 9.82. The van der Waals surface area contributed by atoms with Gasteiger partial charge in [-0.05, 0) is 45.0 Å². The highest BCUT2D eigenvalue weighted by Crippen LogP contribution is 2.19. The summed E-state index contributed by atoms with van der Waals surface area (Å²) in [5.41, 5.74) is 2.87. The Bertz CT molecular complexity index is 486. The van der Waals surface area contributed by atoms with E-state index in [0.717, 1.165) is 29.8 Å². The summed E-state index contributed by atoms with van der Waals surface area (Å²) in [6.07, 6.45) is 1.23. The first-order valence-corrected chi connectivity index (χ1v) is 7.20. The monoisotopic (exact) mass is 327 g/mol. The number of rotatable bonds is 7. The van der Waals surface area contributed by atoms with Gasteiger partial charge in [-0.3, -0.25) is 9.59 Å². The van der Waals surface area contributed by atoms with Crippen LogP contribution in [0.15, 0.2) is 18.2 Å². The van der Waals surface area contributed by atoms with Gasteiger partial charge < -0.3 is 15.5 Å². The minimum Gasteiger partial charge on any atom is -0.336 e. The maximum atomic E-state index is 12.0. The van der Waals surface area contributed by atoms with Gasteiger partial charge in [0, 0.05) is 19.2 Å². The van der Waals surface area contributed by atoms with Gasteiger partial charge in [-0.25, -0.2) is 0 Å². The number of nitrogens with zero attached hydrogens (tertiary/aromatic N) is 1. The van der Waals surface area contributed by atoms with Crippen LogP contribution in [0.1, 0.15) is 24.0 Å². The summed E-state index contributed by atoms with van der Waals surface area (Å²) >= 11 is 0. The van der Waals surface area contributed by atoms with E-state index in [2.05, 4.69) is 10.6 Å². The Morgan fingerprint density at radius 1 is 1.18 bits per heavy atom. The molecule has 0 radical (unpaired) electrons. The molecule has 0 aliphatic carbocycles. The third-order valence-electron chi connectivity index (χ3n) is 3.37. The molecule has 0 unspecified atom stereocenters. The fourth-order valence-corrected chi connectivity index (χ4v) is 2.10. The third-order valence-corrected chi connectivity index (χ3v) is 3.37. The highest BCUT2D eigenvalue weighted by Gasteiger charge is 2.13. The van der Waals surface area contributed by atoms with Gasteiger partial charge in [0.15, 0.2) is 0 Å². The number of amides is 2. The Labute approximate surface area is 138 Å². The van der Waals surface area contributed by atoms with E-state index in [-0.39, 0.29) is 30.8 Å².